The molecule has 0 saturated carbocycles. The first-order valence-corrected chi connectivity index (χ1v) is 7.64. The highest BCUT2D eigenvalue weighted by Crippen LogP contribution is 2.10. The van der Waals surface area contributed by atoms with Crippen molar-refractivity contribution < 1.29 is 8.42 Å². The van der Waals surface area contributed by atoms with E-state index in [1.54, 1.807) is 11.8 Å². The molecule has 5 nitrogen and oxygen atoms in total. The van der Waals surface area contributed by atoms with Crippen molar-refractivity contribution in [1.82, 2.24) is 9.71 Å². The molecular weight excluding hydrogens is 246 g/mol. The van der Waals surface area contributed by atoms with Crippen molar-refractivity contribution in [2.45, 2.75) is 11.3 Å². The Morgan fingerprint density at radius 1 is 1.56 bits per heavy atom. The van der Waals surface area contributed by atoms with E-state index in [9.17, 15) is 8.42 Å². The molecule has 1 heterocycles. The van der Waals surface area contributed by atoms with Crippen LogP contribution >= 0.6 is 11.8 Å². The van der Waals surface area contributed by atoms with Crippen LogP contribution < -0.4 is 10.5 Å². The lowest BCUT2D eigenvalue weighted by Gasteiger charge is -2.06. The molecule has 16 heavy (non-hydrogen) atoms. The Hall–Kier alpha value is -0.790. The smallest absolute Gasteiger partial charge is 0.240 e. The minimum absolute atomic E-state index is 0.157. The Morgan fingerprint density at radius 3 is 2.94 bits per heavy atom. The maximum absolute atomic E-state index is 11.7. The Kier molecular flexibility index (Phi) is 5.04. The van der Waals surface area contributed by atoms with Gasteiger partial charge in [0.15, 0.2) is 0 Å². The summed E-state index contributed by atoms with van der Waals surface area (Å²) in [6.45, 7) is 0.436. The van der Waals surface area contributed by atoms with Crippen LogP contribution in [0.25, 0.3) is 0 Å². The molecule has 0 aliphatic carbocycles. The monoisotopic (exact) mass is 261 g/mol. The van der Waals surface area contributed by atoms with Crippen LogP contribution in [-0.4, -0.2) is 32.0 Å². The number of rotatable bonds is 6. The van der Waals surface area contributed by atoms with E-state index < -0.39 is 10.0 Å². The summed E-state index contributed by atoms with van der Waals surface area (Å²) in [6, 6.07) is 2.77. The zero-order valence-electron chi connectivity index (χ0n) is 9.01. The van der Waals surface area contributed by atoms with Gasteiger partial charge in [-0.2, -0.15) is 11.8 Å². The van der Waals surface area contributed by atoms with Crippen molar-refractivity contribution in [3.05, 3.63) is 18.3 Å². The highest BCUT2D eigenvalue weighted by Gasteiger charge is 2.13. The fourth-order valence-corrected chi connectivity index (χ4v) is 2.63. The van der Waals surface area contributed by atoms with Crippen molar-refractivity contribution in [3.8, 4) is 0 Å². The van der Waals surface area contributed by atoms with Crippen LogP contribution in [0.4, 0.5) is 5.82 Å². The van der Waals surface area contributed by atoms with Crippen LogP contribution in [0, 0.1) is 0 Å². The molecule has 1 rings (SSSR count). The highest BCUT2D eigenvalue weighted by atomic mass is 32.2. The van der Waals surface area contributed by atoms with Crippen LogP contribution in [0.3, 0.4) is 0 Å². The summed E-state index contributed by atoms with van der Waals surface area (Å²) in [5.74, 6) is 1.13. The number of nitrogen functional groups attached to an aromatic ring is 1. The van der Waals surface area contributed by atoms with Crippen LogP contribution in [0.15, 0.2) is 23.2 Å². The van der Waals surface area contributed by atoms with Gasteiger partial charge < -0.3 is 5.73 Å². The van der Waals surface area contributed by atoms with Crippen molar-refractivity contribution in [1.29, 1.82) is 0 Å². The van der Waals surface area contributed by atoms with E-state index in [1.165, 1.54) is 18.3 Å². The van der Waals surface area contributed by atoms with Gasteiger partial charge in [-0.25, -0.2) is 18.1 Å². The molecule has 0 atom stereocenters. The normalized spacial score (nSPS) is 11.6. The van der Waals surface area contributed by atoms with Crippen molar-refractivity contribution >= 4 is 27.6 Å². The summed E-state index contributed by atoms with van der Waals surface area (Å²) in [6.07, 6.45) is 4.17. The van der Waals surface area contributed by atoms with E-state index >= 15 is 0 Å². The lowest BCUT2D eigenvalue weighted by molar-refractivity contribution is 0.581. The van der Waals surface area contributed by atoms with Gasteiger partial charge in [0.1, 0.15) is 5.82 Å². The molecule has 0 saturated heterocycles. The van der Waals surface area contributed by atoms with Gasteiger partial charge in [0, 0.05) is 18.8 Å². The zero-order valence-corrected chi connectivity index (χ0v) is 10.6. The summed E-state index contributed by atoms with van der Waals surface area (Å²) < 4.78 is 26.0. The summed E-state index contributed by atoms with van der Waals surface area (Å²) in [7, 11) is -3.44. The number of aromatic nitrogens is 1. The molecule has 0 radical (unpaired) electrons. The van der Waals surface area contributed by atoms with Gasteiger partial charge in [0.05, 0.1) is 4.90 Å². The van der Waals surface area contributed by atoms with Gasteiger partial charge >= 0.3 is 0 Å². The second-order valence-corrected chi connectivity index (χ2v) is 5.91. The second kappa shape index (κ2) is 6.07. The number of nitrogens with one attached hydrogen (secondary N) is 1. The molecule has 7 heteroatoms. The predicted octanol–water partition coefficient (Wildman–Crippen LogP) is 0.695. The minimum atomic E-state index is -3.44. The summed E-state index contributed by atoms with van der Waals surface area (Å²) in [5.41, 5.74) is 5.42. The third-order valence-corrected chi connectivity index (χ3v) is 4.04. The fraction of sp³-hybridized carbons (Fsp3) is 0.444. The fourth-order valence-electron chi connectivity index (χ4n) is 1.10. The lowest BCUT2D eigenvalue weighted by Crippen LogP contribution is -2.25. The van der Waals surface area contributed by atoms with E-state index in [0.717, 1.165) is 12.2 Å². The number of hydrogen-bond acceptors (Lipinski definition) is 5. The van der Waals surface area contributed by atoms with Crippen LogP contribution in [-0.2, 0) is 10.0 Å². The number of anilines is 1. The molecule has 0 unspecified atom stereocenters. The Morgan fingerprint density at radius 2 is 2.31 bits per heavy atom. The molecule has 0 amide bonds. The number of pyridine rings is 1. The maximum atomic E-state index is 11.7. The van der Waals surface area contributed by atoms with E-state index in [-0.39, 0.29) is 10.7 Å². The van der Waals surface area contributed by atoms with Crippen molar-refractivity contribution in [2.75, 3.05) is 24.3 Å². The van der Waals surface area contributed by atoms with Gasteiger partial charge in [-0.05, 0) is 24.5 Å². The zero-order chi connectivity index (χ0) is 12.0. The largest absolute Gasteiger partial charge is 0.384 e. The molecule has 0 spiro atoms. The Bertz CT molecular complexity index is 434. The number of sulfonamides is 1. The molecule has 0 aliphatic heterocycles. The maximum Gasteiger partial charge on any atom is 0.240 e. The topological polar surface area (TPSA) is 85.1 Å². The first-order valence-electron chi connectivity index (χ1n) is 4.76. The molecule has 1 aromatic heterocycles. The van der Waals surface area contributed by atoms with E-state index in [0.29, 0.717) is 6.54 Å². The quantitative estimate of drug-likeness (QED) is 0.736. The van der Waals surface area contributed by atoms with Crippen LogP contribution in [0.5, 0.6) is 0 Å². The molecule has 3 N–H and O–H groups in total. The minimum Gasteiger partial charge on any atom is -0.384 e. The molecule has 0 fully saturated rings. The van der Waals surface area contributed by atoms with Crippen LogP contribution in [0.2, 0.25) is 0 Å². The number of thioether (sulfide) groups is 1. The highest BCUT2D eigenvalue weighted by molar-refractivity contribution is 7.98. The van der Waals surface area contributed by atoms with Crippen molar-refractivity contribution in [3.63, 3.8) is 0 Å². The van der Waals surface area contributed by atoms with Gasteiger partial charge in [-0.3, -0.25) is 0 Å². The summed E-state index contributed by atoms with van der Waals surface area (Å²) in [5, 5.41) is 0. The summed E-state index contributed by atoms with van der Waals surface area (Å²) in [4.78, 5) is 3.90. The summed E-state index contributed by atoms with van der Waals surface area (Å²) >= 11 is 1.69. The average molecular weight is 261 g/mol. The van der Waals surface area contributed by atoms with Gasteiger partial charge in [-0.1, -0.05) is 0 Å². The first-order chi connectivity index (χ1) is 7.56. The van der Waals surface area contributed by atoms with Gasteiger partial charge in [0.2, 0.25) is 10.0 Å². The van der Waals surface area contributed by atoms with Crippen LogP contribution in [0.1, 0.15) is 6.42 Å². The number of nitrogens with zero attached hydrogens (tertiary/aromatic N) is 1. The van der Waals surface area contributed by atoms with E-state index in [4.69, 9.17) is 5.73 Å². The second-order valence-electron chi connectivity index (χ2n) is 3.16. The van der Waals surface area contributed by atoms with E-state index in [1.807, 2.05) is 6.26 Å². The number of hydrogen-bond donors (Lipinski definition) is 2. The SMILES string of the molecule is CSCCCNS(=O)(=O)c1ccnc(N)c1. The standard InChI is InChI=1S/C9H15N3O2S2/c1-15-6-2-4-12-16(13,14)8-3-5-11-9(10)7-8/h3,5,7,12H,2,4,6H2,1H3,(H2,10,11). The molecule has 0 aromatic carbocycles. The third-order valence-electron chi connectivity index (χ3n) is 1.88. The molecular formula is C9H15N3O2S2. The molecule has 0 aliphatic rings. The Balaban J connectivity index is 2.64. The molecule has 1 aromatic rings. The van der Waals surface area contributed by atoms with Gasteiger partial charge in [0.25, 0.3) is 0 Å². The average Bonchev–Trinajstić information content (AvgIpc) is 2.24. The third kappa shape index (κ3) is 3.99. The Labute approximate surface area is 99.9 Å². The molecule has 90 valence electrons. The first kappa shape index (κ1) is 13.3. The molecule has 0 bridgehead atoms. The van der Waals surface area contributed by atoms with Gasteiger partial charge in [-0.15, -0.1) is 0 Å². The lowest BCUT2D eigenvalue weighted by atomic mass is 10.5. The number of nitrogens with two attached hydrogens (primary N) is 1. The van der Waals surface area contributed by atoms with E-state index in [2.05, 4.69) is 9.71 Å². The predicted molar refractivity (Wildman–Crippen MR) is 66.8 cm³/mol. The van der Waals surface area contributed by atoms with Crippen molar-refractivity contribution in [2.24, 2.45) is 0 Å².